The molecule has 3 rings (SSSR count). The molecule has 2 aromatic rings. The Hall–Kier alpha value is -2.51. The second-order valence-electron chi connectivity index (χ2n) is 6.17. The lowest BCUT2D eigenvalue weighted by molar-refractivity contribution is -0.385. The van der Waals surface area contributed by atoms with E-state index in [1.54, 1.807) is 13.2 Å². The van der Waals surface area contributed by atoms with E-state index in [1.807, 2.05) is 24.3 Å². The number of nitro groups is 1. The molecule has 1 fully saturated rings. The quantitative estimate of drug-likeness (QED) is 0.613. The summed E-state index contributed by atoms with van der Waals surface area (Å²) in [4.78, 5) is 17.1. The predicted molar refractivity (Wildman–Crippen MR) is 92.5 cm³/mol. The number of nitrogens with zero attached hydrogens (tertiary/aromatic N) is 3. The Morgan fingerprint density at radius 1 is 1.36 bits per heavy atom. The summed E-state index contributed by atoms with van der Waals surface area (Å²) < 4.78 is 11.6. The molecule has 0 bridgehead atoms. The standard InChI is InChI=1S/C18H21N3O4/c1-13(2)20-9-10-25-18(20,14-5-4-6-16(11-14)24-3)17-8-7-15(12-19-17)21(22)23/h4-8,11-13H,9-10H2,1-3H3. The third-order valence-corrected chi connectivity index (χ3v) is 4.44. The molecule has 25 heavy (non-hydrogen) atoms. The molecule has 7 nitrogen and oxygen atoms in total. The molecule has 132 valence electrons. The zero-order valence-electron chi connectivity index (χ0n) is 14.5. The smallest absolute Gasteiger partial charge is 0.287 e. The maximum absolute atomic E-state index is 10.9. The van der Waals surface area contributed by atoms with Crippen LogP contribution in [-0.4, -0.2) is 41.1 Å². The van der Waals surface area contributed by atoms with Crippen LogP contribution in [0, 0.1) is 10.1 Å². The monoisotopic (exact) mass is 343 g/mol. The Labute approximate surface area is 146 Å². The molecule has 1 aliphatic rings. The molecule has 7 heteroatoms. The van der Waals surface area contributed by atoms with E-state index in [0.29, 0.717) is 12.3 Å². The number of aromatic nitrogens is 1. The number of ether oxygens (including phenoxy) is 2. The topological polar surface area (TPSA) is 77.7 Å². The fourth-order valence-corrected chi connectivity index (χ4v) is 3.30. The van der Waals surface area contributed by atoms with E-state index in [1.165, 1.54) is 12.3 Å². The lowest BCUT2D eigenvalue weighted by atomic mass is 9.95. The zero-order chi connectivity index (χ0) is 18.0. The number of pyridine rings is 1. The van der Waals surface area contributed by atoms with Crippen molar-refractivity contribution >= 4 is 5.69 Å². The van der Waals surface area contributed by atoms with Crippen LogP contribution >= 0.6 is 0 Å². The van der Waals surface area contributed by atoms with Crippen LogP contribution in [0.4, 0.5) is 5.69 Å². The van der Waals surface area contributed by atoms with E-state index in [2.05, 4.69) is 23.7 Å². The van der Waals surface area contributed by atoms with E-state index < -0.39 is 10.6 Å². The van der Waals surface area contributed by atoms with Gasteiger partial charge in [0.25, 0.3) is 5.69 Å². The van der Waals surface area contributed by atoms with Crippen molar-refractivity contribution in [3.05, 3.63) is 64.0 Å². The van der Waals surface area contributed by atoms with Crippen molar-refractivity contribution in [2.24, 2.45) is 0 Å². The van der Waals surface area contributed by atoms with Crippen LogP contribution in [0.5, 0.6) is 5.75 Å². The molecule has 1 aromatic heterocycles. The molecule has 0 amide bonds. The number of benzene rings is 1. The van der Waals surface area contributed by atoms with E-state index in [-0.39, 0.29) is 11.7 Å². The minimum absolute atomic E-state index is 0.0429. The van der Waals surface area contributed by atoms with Gasteiger partial charge in [0.05, 0.1) is 24.3 Å². The Kier molecular flexibility index (Phi) is 4.69. The van der Waals surface area contributed by atoms with Gasteiger partial charge in [-0.3, -0.25) is 15.0 Å². The van der Waals surface area contributed by atoms with Gasteiger partial charge in [-0.15, -0.1) is 0 Å². The molecule has 1 aromatic carbocycles. The number of rotatable bonds is 5. The Morgan fingerprint density at radius 2 is 2.16 bits per heavy atom. The molecule has 0 radical (unpaired) electrons. The van der Waals surface area contributed by atoms with Crippen LogP contribution in [-0.2, 0) is 10.5 Å². The van der Waals surface area contributed by atoms with Crippen molar-refractivity contribution < 1.29 is 14.4 Å². The van der Waals surface area contributed by atoms with Gasteiger partial charge in [0.1, 0.15) is 11.9 Å². The summed E-state index contributed by atoms with van der Waals surface area (Å²) in [6.45, 7) is 5.48. The van der Waals surface area contributed by atoms with Crippen molar-refractivity contribution in [1.82, 2.24) is 9.88 Å². The summed E-state index contributed by atoms with van der Waals surface area (Å²) in [6.07, 6.45) is 1.28. The van der Waals surface area contributed by atoms with E-state index in [0.717, 1.165) is 17.9 Å². The molecule has 1 aliphatic heterocycles. The molecule has 0 saturated carbocycles. The van der Waals surface area contributed by atoms with Crippen molar-refractivity contribution in [3.63, 3.8) is 0 Å². The molecule has 1 atom stereocenters. The molecule has 1 saturated heterocycles. The van der Waals surface area contributed by atoms with Crippen molar-refractivity contribution in [1.29, 1.82) is 0 Å². The number of methoxy groups -OCH3 is 1. The van der Waals surface area contributed by atoms with Gasteiger partial charge < -0.3 is 9.47 Å². The minimum atomic E-state index is -0.891. The molecule has 0 aliphatic carbocycles. The molecule has 0 spiro atoms. The Morgan fingerprint density at radius 3 is 2.76 bits per heavy atom. The van der Waals surface area contributed by atoms with E-state index in [4.69, 9.17) is 9.47 Å². The highest BCUT2D eigenvalue weighted by atomic mass is 16.6. The fraction of sp³-hybridized carbons (Fsp3) is 0.389. The highest BCUT2D eigenvalue weighted by molar-refractivity contribution is 5.40. The highest BCUT2D eigenvalue weighted by Crippen LogP contribution is 2.42. The summed E-state index contributed by atoms with van der Waals surface area (Å²) in [5.74, 6) is 0.720. The third-order valence-electron chi connectivity index (χ3n) is 4.44. The first-order chi connectivity index (χ1) is 12.0. The molecule has 0 N–H and O–H groups in total. The zero-order valence-corrected chi connectivity index (χ0v) is 14.5. The fourth-order valence-electron chi connectivity index (χ4n) is 3.30. The third kappa shape index (κ3) is 2.96. The molecule has 1 unspecified atom stereocenters. The van der Waals surface area contributed by atoms with Gasteiger partial charge in [0.2, 0.25) is 0 Å². The maximum atomic E-state index is 10.9. The van der Waals surface area contributed by atoms with Gasteiger partial charge in [0.15, 0.2) is 5.72 Å². The average Bonchev–Trinajstić information content (AvgIpc) is 3.08. The molecule has 2 heterocycles. The average molecular weight is 343 g/mol. The lowest BCUT2D eigenvalue weighted by Crippen LogP contribution is -2.47. The van der Waals surface area contributed by atoms with Crippen LogP contribution in [0.2, 0.25) is 0 Å². The predicted octanol–water partition coefficient (Wildman–Crippen LogP) is 2.94. The SMILES string of the molecule is COc1cccc(C2(c3ccc([N+](=O)[O-])cn3)OCCN2C(C)C)c1. The van der Waals surface area contributed by atoms with E-state index in [9.17, 15) is 10.1 Å². The lowest BCUT2D eigenvalue weighted by Gasteiger charge is -2.39. The maximum Gasteiger partial charge on any atom is 0.287 e. The summed E-state index contributed by atoms with van der Waals surface area (Å²) in [5, 5.41) is 10.9. The van der Waals surface area contributed by atoms with Gasteiger partial charge in [-0.2, -0.15) is 0 Å². The first kappa shape index (κ1) is 17.3. The summed E-state index contributed by atoms with van der Waals surface area (Å²) >= 11 is 0. The van der Waals surface area contributed by atoms with Crippen molar-refractivity contribution in [3.8, 4) is 5.75 Å². The molecular formula is C18H21N3O4. The normalized spacial score (nSPS) is 20.8. The highest BCUT2D eigenvalue weighted by Gasteiger charge is 2.48. The van der Waals surface area contributed by atoms with Gasteiger partial charge in [0, 0.05) is 24.2 Å². The van der Waals surface area contributed by atoms with Crippen LogP contribution < -0.4 is 4.74 Å². The Bertz CT molecular complexity index is 763. The summed E-state index contributed by atoms with van der Waals surface area (Å²) in [6, 6.07) is 11.0. The largest absolute Gasteiger partial charge is 0.497 e. The summed E-state index contributed by atoms with van der Waals surface area (Å²) in [7, 11) is 1.62. The van der Waals surface area contributed by atoms with Crippen LogP contribution in [0.3, 0.4) is 0 Å². The van der Waals surface area contributed by atoms with Crippen molar-refractivity contribution in [2.75, 3.05) is 20.3 Å². The van der Waals surface area contributed by atoms with Crippen LogP contribution in [0.25, 0.3) is 0 Å². The van der Waals surface area contributed by atoms with Gasteiger partial charge >= 0.3 is 0 Å². The first-order valence-corrected chi connectivity index (χ1v) is 8.15. The van der Waals surface area contributed by atoms with Gasteiger partial charge in [-0.1, -0.05) is 12.1 Å². The van der Waals surface area contributed by atoms with Crippen LogP contribution in [0.1, 0.15) is 25.1 Å². The Balaban J connectivity index is 2.17. The second kappa shape index (κ2) is 6.78. The summed E-state index contributed by atoms with van der Waals surface area (Å²) in [5.41, 5.74) is 0.577. The van der Waals surface area contributed by atoms with Crippen LogP contribution in [0.15, 0.2) is 42.6 Å². The number of hydrogen-bond acceptors (Lipinski definition) is 6. The second-order valence-corrected chi connectivity index (χ2v) is 6.17. The number of hydrogen-bond donors (Lipinski definition) is 0. The van der Waals surface area contributed by atoms with Crippen molar-refractivity contribution in [2.45, 2.75) is 25.6 Å². The first-order valence-electron chi connectivity index (χ1n) is 8.15. The minimum Gasteiger partial charge on any atom is -0.497 e. The van der Waals surface area contributed by atoms with E-state index >= 15 is 0 Å². The van der Waals surface area contributed by atoms with Gasteiger partial charge in [-0.25, -0.2) is 4.98 Å². The van der Waals surface area contributed by atoms with Gasteiger partial charge in [-0.05, 0) is 32.0 Å². The molecular weight excluding hydrogens is 322 g/mol.